The normalized spacial score (nSPS) is 12.0. The monoisotopic (exact) mass is 292 g/mol. The molecule has 0 aliphatic carbocycles. The molecule has 0 atom stereocenters. The van der Waals surface area contributed by atoms with E-state index in [4.69, 9.17) is 5.73 Å². The van der Waals surface area contributed by atoms with E-state index in [9.17, 15) is 13.2 Å². The molecule has 7 heteroatoms. The molecule has 0 spiro atoms. The van der Waals surface area contributed by atoms with Crippen molar-refractivity contribution in [2.24, 2.45) is 5.73 Å². The van der Waals surface area contributed by atoms with Crippen LogP contribution in [0.5, 0.6) is 0 Å². The Kier molecular flexibility index (Phi) is 3.13. The first kappa shape index (κ1) is 13.6. The Hall–Kier alpha value is -2.41. The molecule has 0 saturated heterocycles. The predicted octanol–water partition coefficient (Wildman–Crippen LogP) is 2.87. The third-order valence-electron chi connectivity index (χ3n) is 3.17. The van der Waals surface area contributed by atoms with Gasteiger partial charge in [-0.15, -0.1) is 10.2 Å². The van der Waals surface area contributed by atoms with Crippen LogP contribution in [0.3, 0.4) is 0 Å². The number of aromatic nitrogens is 3. The molecule has 0 fully saturated rings. The number of hydrogen-bond donors (Lipinski definition) is 1. The zero-order valence-electron chi connectivity index (χ0n) is 10.8. The van der Waals surface area contributed by atoms with Gasteiger partial charge in [-0.3, -0.25) is 4.40 Å². The van der Waals surface area contributed by atoms with Crippen LogP contribution in [0.2, 0.25) is 0 Å². The Labute approximate surface area is 118 Å². The molecule has 2 aromatic heterocycles. The SMILES string of the molecule is NCc1ccc2nnc(-c3ccccc3C(F)(F)F)n2c1. The molecule has 108 valence electrons. The van der Waals surface area contributed by atoms with Gasteiger partial charge in [0.1, 0.15) is 0 Å². The van der Waals surface area contributed by atoms with Crippen molar-refractivity contribution >= 4 is 5.65 Å². The van der Waals surface area contributed by atoms with Gasteiger partial charge in [-0.2, -0.15) is 13.2 Å². The van der Waals surface area contributed by atoms with Gasteiger partial charge in [0.25, 0.3) is 0 Å². The van der Waals surface area contributed by atoms with E-state index in [1.54, 1.807) is 24.4 Å². The lowest BCUT2D eigenvalue weighted by atomic mass is 10.1. The van der Waals surface area contributed by atoms with Gasteiger partial charge in [0.05, 0.1) is 5.56 Å². The summed E-state index contributed by atoms with van der Waals surface area (Å²) in [5.74, 6) is 0.147. The fraction of sp³-hybridized carbons (Fsp3) is 0.143. The highest BCUT2D eigenvalue weighted by molar-refractivity contribution is 5.64. The fourth-order valence-electron chi connectivity index (χ4n) is 2.16. The molecule has 0 saturated carbocycles. The van der Waals surface area contributed by atoms with E-state index in [0.717, 1.165) is 11.6 Å². The van der Waals surface area contributed by atoms with Gasteiger partial charge >= 0.3 is 6.18 Å². The van der Waals surface area contributed by atoms with Crippen LogP contribution in [-0.2, 0) is 12.7 Å². The van der Waals surface area contributed by atoms with E-state index in [2.05, 4.69) is 10.2 Å². The number of fused-ring (bicyclic) bond motifs is 1. The zero-order valence-corrected chi connectivity index (χ0v) is 10.8. The van der Waals surface area contributed by atoms with E-state index in [0.29, 0.717) is 5.65 Å². The smallest absolute Gasteiger partial charge is 0.326 e. The number of pyridine rings is 1. The average molecular weight is 292 g/mol. The van der Waals surface area contributed by atoms with Gasteiger partial charge in [-0.1, -0.05) is 24.3 Å². The minimum atomic E-state index is -4.45. The molecule has 2 N–H and O–H groups in total. The standard InChI is InChI=1S/C14H11F3N4/c15-14(16,17)11-4-2-1-3-10(11)13-20-19-12-6-5-9(7-18)8-21(12)13/h1-6,8H,7,18H2. The molecule has 21 heavy (non-hydrogen) atoms. The van der Waals surface area contributed by atoms with Gasteiger partial charge in [0.2, 0.25) is 0 Å². The largest absolute Gasteiger partial charge is 0.417 e. The lowest BCUT2D eigenvalue weighted by Gasteiger charge is -2.11. The summed E-state index contributed by atoms with van der Waals surface area (Å²) in [6.07, 6.45) is -2.80. The molecular weight excluding hydrogens is 281 g/mol. The lowest BCUT2D eigenvalue weighted by molar-refractivity contribution is -0.137. The Balaban J connectivity index is 2.26. The molecule has 0 aliphatic heterocycles. The summed E-state index contributed by atoms with van der Waals surface area (Å²) in [6, 6.07) is 8.75. The summed E-state index contributed by atoms with van der Waals surface area (Å²) < 4.78 is 40.8. The van der Waals surface area contributed by atoms with Crippen LogP contribution in [-0.4, -0.2) is 14.6 Å². The first-order valence-electron chi connectivity index (χ1n) is 6.21. The Morgan fingerprint density at radius 2 is 1.81 bits per heavy atom. The molecule has 0 amide bonds. The Morgan fingerprint density at radius 1 is 1.05 bits per heavy atom. The van der Waals surface area contributed by atoms with Gasteiger partial charge < -0.3 is 5.73 Å². The number of rotatable bonds is 2. The lowest BCUT2D eigenvalue weighted by Crippen LogP contribution is -2.08. The Morgan fingerprint density at radius 3 is 2.52 bits per heavy atom. The summed E-state index contributed by atoms with van der Waals surface area (Å²) in [5.41, 5.74) is 6.07. The molecule has 0 bridgehead atoms. The van der Waals surface area contributed by atoms with E-state index in [-0.39, 0.29) is 17.9 Å². The summed E-state index contributed by atoms with van der Waals surface area (Å²) in [7, 11) is 0. The molecule has 0 aliphatic rings. The van der Waals surface area contributed by atoms with Crippen molar-refractivity contribution in [3.05, 3.63) is 53.7 Å². The molecule has 0 unspecified atom stereocenters. The van der Waals surface area contributed by atoms with Crippen LogP contribution in [0.1, 0.15) is 11.1 Å². The molecule has 1 aromatic carbocycles. The van der Waals surface area contributed by atoms with Crippen LogP contribution in [0.25, 0.3) is 17.0 Å². The number of nitrogens with zero attached hydrogens (tertiary/aromatic N) is 3. The highest BCUT2D eigenvalue weighted by Gasteiger charge is 2.34. The van der Waals surface area contributed by atoms with E-state index in [1.165, 1.54) is 16.5 Å². The van der Waals surface area contributed by atoms with Gasteiger partial charge in [0, 0.05) is 18.3 Å². The number of alkyl halides is 3. The quantitative estimate of drug-likeness (QED) is 0.790. The number of halogens is 3. The molecule has 3 rings (SSSR count). The van der Waals surface area contributed by atoms with Crippen molar-refractivity contribution in [2.75, 3.05) is 0 Å². The second-order valence-electron chi connectivity index (χ2n) is 4.54. The molecule has 3 aromatic rings. The number of hydrogen-bond acceptors (Lipinski definition) is 3. The van der Waals surface area contributed by atoms with Crippen LogP contribution < -0.4 is 5.73 Å². The van der Waals surface area contributed by atoms with Gasteiger partial charge in [-0.05, 0) is 17.7 Å². The minimum absolute atomic E-state index is 0.00771. The third-order valence-corrected chi connectivity index (χ3v) is 3.17. The summed E-state index contributed by atoms with van der Waals surface area (Å²) in [5, 5.41) is 7.79. The third kappa shape index (κ3) is 2.36. The van der Waals surface area contributed by atoms with Gasteiger partial charge in [-0.25, -0.2) is 0 Å². The van der Waals surface area contributed by atoms with Crippen LogP contribution >= 0.6 is 0 Å². The highest BCUT2D eigenvalue weighted by atomic mass is 19.4. The predicted molar refractivity (Wildman–Crippen MR) is 71.3 cm³/mol. The van der Waals surface area contributed by atoms with Crippen molar-refractivity contribution in [1.82, 2.24) is 14.6 Å². The van der Waals surface area contributed by atoms with Crippen LogP contribution in [0.15, 0.2) is 42.6 Å². The maximum atomic E-state index is 13.1. The minimum Gasteiger partial charge on any atom is -0.326 e. The maximum Gasteiger partial charge on any atom is 0.417 e. The highest BCUT2D eigenvalue weighted by Crippen LogP contribution is 2.36. The van der Waals surface area contributed by atoms with Crippen molar-refractivity contribution in [3.8, 4) is 11.4 Å². The second-order valence-corrected chi connectivity index (χ2v) is 4.54. The topological polar surface area (TPSA) is 56.2 Å². The first-order chi connectivity index (χ1) is 10.0. The Bertz CT molecular complexity index is 792. The van der Waals surface area contributed by atoms with Crippen molar-refractivity contribution in [3.63, 3.8) is 0 Å². The fourth-order valence-corrected chi connectivity index (χ4v) is 2.16. The van der Waals surface area contributed by atoms with E-state index < -0.39 is 11.7 Å². The molecular formula is C14H11F3N4. The van der Waals surface area contributed by atoms with E-state index >= 15 is 0 Å². The number of benzene rings is 1. The number of nitrogens with two attached hydrogens (primary N) is 1. The maximum absolute atomic E-state index is 13.1. The summed E-state index contributed by atoms with van der Waals surface area (Å²) in [6.45, 7) is 0.286. The van der Waals surface area contributed by atoms with Crippen molar-refractivity contribution in [2.45, 2.75) is 12.7 Å². The van der Waals surface area contributed by atoms with Crippen LogP contribution in [0, 0.1) is 0 Å². The molecule has 0 radical (unpaired) electrons. The zero-order chi connectivity index (χ0) is 15.0. The molecule has 2 heterocycles. The molecule has 4 nitrogen and oxygen atoms in total. The average Bonchev–Trinajstić information content (AvgIpc) is 2.89. The van der Waals surface area contributed by atoms with Crippen molar-refractivity contribution < 1.29 is 13.2 Å². The van der Waals surface area contributed by atoms with Crippen LogP contribution in [0.4, 0.5) is 13.2 Å². The van der Waals surface area contributed by atoms with E-state index in [1.807, 2.05) is 0 Å². The summed E-state index contributed by atoms with van der Waals surface area (Å²) >= 11 is 0. The summed E-state index contributed by atoms with van der Waals surface area (Å²) in [4.78, 5) is 0. The second kappa shape index (κ2) is 4.85. The first-order valence-corrected chi connectivity index (χ1v) is 6.21. The van der Waals surface area contributed by atoms with Crippen molar-refractivity contribution in [1.29, 1.82) is 0 Å². The van der Waals surface area contributed by atoms with Gasteiger partial charge in [0.15, 0.2) is 11.5 Å².